The second-order valence-electron chi connectivity index (χ2n) is 5.61. The molecule has 0 rings (SSSR count). The fraction of sp³-hybridized carbons (Fsp3) is 0.857. The largest absolute Gasteiger partial charge is 0.458 e. The van der Waals surface area contributed by atoms with E-state index >= 15 is 0 Å². The van der Waals surface area contributed by atoms with Crippen molar-refractivity contribution in [1.82, 2.24) is 0 Å². The monoisotopic (exact) mass is 330 g/mol. The third kappa shape index (κ3) is 5.81. The van der Waals surface area contributed by atoms with Crippen molar-refractivity contribution < 1.29 is 36.6 Å². The molecule has 0 aromatic rings. The first-order chi connectivity index (χ1) is 9.86. The van der Waals surface area contributed by atoms with Crippen LogP contribution in [0.3, 0.4) is 0 Å². The van der Waals surface area contributed by atoms with Gasteiger partial charge in [0.1, 0.15) is 6.10 Å². The van der Waals surface area contributed by atoms with Gasteiger partial charge in [-0.15, -0.1) is 0 Å². The first-order valence-electron chi connectivity index (χ1n) is 6.99. The van der Waals surface area contributed by atoms with Gasteiger partial charge in [-0.25, -0.2) is 9.18 Å². The van der Waals surface area contributed by atoms with E-state index in [0.717, 1.165) is 0 Å². The quantitative estimate of drug-likeness (QED) is 0.529. The molecule has 0 N–H and O–H groups in total. The highest BCUT2D eigenvalue weighted by Gasteiger charge is 2.42. The maximum absolute atomic E-state index is 13.9. The molecule has 0 saturated heterocycles. The number of rotatable bonds is 7. The van der Waals surface area contributed by atoms with Crippen LogP contribution < -0.4 is 0 Å². The number of hydrogen-bond donors (Lipinski definition) is 0. The van der Waals surface area contributed by atoms with Crippen LogP contribution in [0.1, 0.15) is 47.5 Å². The van der Waals surface area contributed by atoms with Crippen LogP contribution in [0.4, 0.5) is 17.6 Å². The highest BCUT2D eigenvalue weighted by molar-refractivity contribution is 5.78. The molecule has 0 saturated carbocycles. The molecule has 0 aliphatic heterocycles. The molecule has 0 aliphatic carbocycles. The van der Waals surface area contributed by atoms with E-state index in [1.807, 2.05) is 0 Å². The van der Waals surface area contributed by atoms with E-state index in [4.69, 9.17) is 4.74 Å². The van der Waals surface area contributed by atoms with E-state index in [0.29, 0.717) is 13.3 Å². The molecule has 0 spiro atoms. The van der Waals surface area contributed by atoms with Crippen LogP contribution >= 0.6 is 0 Å². The highest BCUT2D eigenvalue weighted by Crippen LogP contribution is 2.26. The minimum Gasteiger partial charge on any atom is -0.458 e. The van der Waals surface area contributed by atoms with Crippen molar-refractivity contribution in [1.29, 1.82) is 0 Å². The van der Waals surface area contributed by atoms with E-state index in [-0.39, 0.29) is 6.42 Å². The molecule has 0 aliphatic rings. The standard InChI is InChI=1S/C14H22F4O4/c1-6-9(22-12(20)13(4,5)7-2)10(15)11(19)21-8(3)14(16,17)18/h8-10H,6-7H2,1-5H3. The summed E-state index contributed by atoms with van der Waals surface area (Å²) in [5.74, 6) is -2.42. The molecule has 130 valence electrons. The second kappa shape index (κ2) is 7.78. The molecular formula is C14H22F4O4. The Hall–Kier alpha value is -1.34. The van der Waals surface area contributed by atoms with Crippen LogP contribution in [0.15, 0.2) is 0 Å². The minimum absolute atomic E-state index is 0.0673. The summed E-state index contributed by atoms with van der Waals surface area (Å²) in [6.45, 7) is 6.94. The summed E-state index contributed by atoms with van der Waals surface area (Å²) in [6, 6.07) is 0. The van der Waals surface area contributed by atoms with Crippen molar-refractivity contribution in [3.63, 3.8) is 0 Å². The molecule has 0 amide bonds. The van der Waals surface area contributed by atoms with Gasteiger partial charge in [-0.05, 0) is 33.6 Å². The molecule has 0 radical (unpaired) electrons. The fourth-order valence-electron chi connectivity index (χ4n) is 1.25. The summed E-state index contributed by atoms with van der Waals surface area (Å²) >= 11 is 0. The number of halogens is 4. The van der Waals surface area contributed by atoms with Gasteiger partial charge in [0.15, 0.2) is 6.10 Å². The number of ether oxygens (including phenoxy) is 2. The number of alkyl halides is 4. The van der Waals surface area contributed by atoms with Crippen LogP contribution in [0.5, 0.6) is 0 Å². The molecule has 0 aromatic carbocycles. The molecule has 0 aromatic heterocycles. The molecule has 3 unspecified atom stereocenters. The predicted molar refractivity (Wildman–Crippen MR) is 70.7 cm³/mol. The number of hydrogen-bond acceptors (Lipinski definition) is 4. The van der Waals surface area contributed by atoms with Crippen molar-refractivity contribution in [2.45, 2.75) is 72.0 Å². The van der Waals surface area contributed by atoms with Crippen LogP contribution in [0.2, 0.25) is 0 Å². The minimum atomic E-state index is -4.78. The Kier molecular flexibility index (Phi) is 7.31. The van der Waals surface area contributed by atoms with Gasteiger partial charge in [0, 0.05) is 0 Å². The van der Waals surface area contributed by atoms with Crippen molar-refractivity contribution in [2.24, 2.45) is 5.41 Å². The summed E-state index contributed by atoms with van der Waals surface area (Å²) in [6.07, 6.45) is -10.8. The van der Waals surface area contributed by atoms with Gasteiger partial charge in [0.05, 0.1) is 5.41 Å². The van der Waals surface area contributed by atoms with E-state index in [1.54, 1.807) is 20.8 Å². The molecule has 0 bridgehead atoms. The van der Waals surface area contributed by atoms with E-state index < -0.39 is 41.9 Å². The summed E-state index contributed by atoms with van der Waals surface area (Å²) in [7, 11) is 0. The molecule has 4 nitrogen and oxygen atoms in total. The number of carbonyl (C=O) groups excluding carboxylic acids is 2. The SMILES string of the molecule is CCC(OC(=O)C(C)(C)CC)C(F)C(=O)OC(C)C(F)(F)F. The first-order valence-corrected chi connectivity index (χ1v) is 6.99. The predicted octanol–water partition coefficient (Wildman–Crippen LogP) is 3.58. The zero-order valence-electron chi connectivity index (χ0n) is 13.3. The number of esters is 2. The third-order valence-corrected chi connectivity index (χ3v) is 3.40. The topological polar surface area (TPSA) is 52.6 Å². The van der Waals surface area contributed by atoms with Crippen molar-refractivity contribution in [3.05, 3.63) is 0 Å². The van der Waals surface area contributed by atoms with Gasteiger partial charge in [-0.3, -0.25) is 4.79 Å². The fourth-order valence-corrected chi connectivity index (χ4v) is 1.25. The van der Waals surface area contributed by atoms with Crippen molar-refractivity contribution in [2.75, 3.05) is 0 Å². The summed E-state index contributed by atoms with van der Waals surface area (Å²) in [4.78, 5) is 23.3. The van der Waals surface area contributed by atoms with Crippen molar-refractivity contribution >= 4 is 11.9 Å². The van der Waals surface area contributed by atoms with E-state index in [9.17, 15) is 27.2 Å². The van der Waals surface area contributed by atoms with Gasteiger partial charge in [-0.1, -0.05) is 13.8 Å². The molecular weight excluding hydrogens is 308 g/mol. The Morgan fingerprint density at radius 2 is 1.59 bits per heavy atom. The molecule has 22 heavy (non-hydrogen) atoms. The lowest BCUT2D eigenvalue weighted by atomic mass is 9.90. The zero-order chi connectivity index (χ0) is 17.7. The average Bonchev–Trinajstić information content (AvgIpc) is 2.42. The Balaban J connectivity index is 4.82. The molecule has 3 atom stereocenters. The van der Waals surface area contributed by atoms with Gasteiger partial charge >= 0.3 is 18.1 Å². The lowest BCUT2D eigenvalue weighted by Gasteiger charge is -2.26. The normalized spacial score (nSPS) is 16.6. The Bertz CT molecular complexity index is 393. The van der Waals surface area contributed by atoms with Gasteiger partial charge in [0.2, 0.25) is 6.17 Å². The first kappa shape index (κ1) is 20.7. The Morgan fingerprint density at radius 1 is 1.09 bits per heavy atom. The smallest absolute Gasteiger partial charge is 0.425 e. The van der Waals surface area contributed by atoms with Crippen LogP contribution in [-0.4, -0.2) is 36.5 Å². The van der Waals surface area contributed by atoms with Crippen LogP contribution in [0.25, 0.3) is 0 Å². The maximum atomic E-state index is 13.9. The summed E-state index contributed by atoms with van der Waals surface area (Å²) < 4.78 is 59.7. The highest BCUT2D eigenvalue weighted by atomic mass is 19.4. The van der Waals surface area contributed by atoms with Crippen LogP contribution in [-0.2, 0) is 19.1 Å². The van der Waals surface area contributed by atoms with E-state index in [1.165, 1.54) is 6.92 Å². The van der Waals surface area contributed by atoms with Gasteiger partial charge in [-0.2, -0.15) is 13.2 Å². The second-order valence-corrected chi connectivity index (χ2v) is 5.61. The van der Waals surface area contributed by atoms with Crippen LogP contribution in [0, 0.1) is 5.41 Å². The van der Waals surface area contributed by atoms with Gasteiger partial charge in [0.25, 0.3) is 0 Å². The average molecular weight is 330 g/mol. The zero-order valence-corrected chi connectivity index (χ0v) is 13.3. The van der Waals surface area contributed by atoms with E-state index in [2.05, 4.69) is 4.74 Å². The molecule has 8 heteroatoms. The lowest BCUT2D eigenvalue weighted by molar-refractivity contribution is -0.221. The summed E-state index contributed by atoms with van der Waals surface area (Å²) in [5.41, 5.74) is -0.879. The Labute approximate surface area is 127 Å². The molecule has 0 fully saturated rings. The third-order valence-electron chi connectivity index (χ3n) is 3.40. The number of carbonyl (C=O) groups is 2. The summed E-state index contributed by atoms with van der Waals surface area (Å²) in [5, 5.41) is 0. The van der Waals surface area contributed by atoms with Crippen molar-refractivity contribution in [3.8, 4) is 0 Å². The molecule has 0 heterocycles. The van der Waals surface area contributed by atoms with Gasteiger partial charge < -0.3 is 9.47 Å². The Morgan fingerprint density at radius 3 is 1.95 bits per heavy atom. The maximum Gasteiger partial charge on any atom is 0.425 e. The lowest BCUT2D eigenvalue weighted by Crippen LogP contribution is -2.41.